The molecule has 0 aliphatic carbocycles. The minimum atomic E-state index is -0.436. The van der Waals surface area contributed by atoms with Crippen LogP contribution in [-0.4, -0.2) is 42.9 Å². The number of thioether (sulfide) groups is 1. The molecule has 0 saturated carbocycles. The third-order valence-corrected chi connectivity index (χ3v) is 8.14. The van der Waals surface area contributed by atoms with E-state index in [4.69, 9.17) is 9.97 Å². The summed E-state index contributed by atoms with van der Waals surface area (Å²) in [6, 6.07) is 8.17. The van der Waals surface area contributed by atoms with E-state index in [1.54, 1.807) is 30.1 Å². The summed E-state index contributed by atoms with van der Waals surface area (Å²) in [6.45, 7) is 4.67. The van der Waals surface area contributed by atoms with Gasteiger partial charge in [-0.3, -0.25) is 14.3 Å². The molecular formula is C21H24N6O2S2. The van der Waals surface area contributed by atoms with Crippen molar-refractivity contribution in [2.45, 2.75) is 30.6 Å². The SMILES string of the molecule is C[C@@H](CSc1nc2ccccc2s1)Cn1c(N2CCCC2)nc2c1c(=O)[nH]c(=O)n2C. The molecule has 4 heterocycles. The number of hydrogen-bond acceptors (Lipinski definition) is 7. The van der Waals surface area contributed by atoms with Crippen molar-refractivity contribution in [3.63, 3.8) is 0 Å². The van der Waals surface area contributed by atoms with Gasteiger partial charge in [0.25, 0.3) is 5.56 Å². The van der Waals surface area contributed by atoms with Crippen molar-refractivity contribution in [2.24, 2.45) is 13.0 Å². The molecule has 1 aliphatic heterocycles. The lowest BCUT2D eigenvalue weighted by atomic mass is 10.2. The van der Waals surface area contributed by atoms with Crippen LogP contribution in [0.15, 0.2) is 38.2 Å². The Morgan fingerprint density at radius 3 is 2.74 bits per heavy atom. The van der Waals surface area contributed by atoms with Crippen molar-refractivity contribution < 1.29 is 0 Å². The average Bonchev–Trinajstić information content (AvgIpc) is 3.48. The first-order valence-corrected chi connectivity index (χ1v) is 12.2. The van der Waals surface area contributed by atoms with E-state index < -0.39 is 5.69 Å². The second-order valence-electron chi connectivity index (χ2n) is 8.07. The van der Waals surface area contributed by atoms with Crippen molar-refractivity contribution in [1.82, 2.24) is 24.1 Å². The van der Waals surface area contributed by atoms with E-state index in [-0.39, 0.29) is 11.5 Å². The molecule has 1 saturated heterocycles. The van der Waals surface area contributed by atoms with E-state index >= 15 is 0 Å². The molecule has 0 spiro atoms. The predicted molar refractivity (Wildman–Crippen MR) is 127 cm³/mol. The Morgan fingerprint density at radius 1 is 1.19 bits per heavy atom. The van der Waals surface area contributed by atoms with Gasteiger partial charge >= 0.3 is 5.69 Å². The zero-order valence-electron chi connectivity index (χ0n) is 17.5. The Labute approximate surface area is 186 Å². The lowest BCUT2D eigenvalue weighted by Gasteiger charge is -2.20. The Bertz CT molecular complexity index is 1330. The van der Waals surface area contributed by atoms with Crippen LogP contribution in [0.1, 0.15) is 19.8 Å². The molecular weight excluding hydrogens is 432 g/mol. The van der Waals surface area contributed by atoms with Gasteiger partial charge in [0.2, 0.25) is 5.95 Å². The number of aromatic nitrogens is 5. The molecule has 31 heavy (non-hydrogen) atoms. The first-order chi connectivity index (χ1) is 15.0. The van der Waals surface area contributed by atoms with Gasteiger partial charge in [-0.25, -0.2) is 9.78 Å². The Morgan fingerprint density at radius 2 is 1.97 bits per heavy atom. The molecule has 10 heteroatoms. The minimum absolute atomic E-state index is 0.285. The van der Waals surface area contributed by atoms with Crippen LogP contribution in [0, 0.1) is 5.92 Å². The number of imidazole rings is 1. The van der Waals surface area contributed by atoms with E-state index in [1.807, 2.05) is 22.8 Å². The summed E-state index contributed by atoms with van der Waals surface area (Å²) in [4.78, 5) is 38.9. The molecule has 1 aliphatic rings. The van der Waals surface area contributed by atoms with Crippen LogP contribution in [0.3, 0.4) is 0 Å². The molecule has 1 fully saturated rings. The van der Waals surface area contributed by atoms with Gasteiger partial charge in [0.05, 0.1) is 10.2 Å². The molecule has 5 rings (SSSR count). The van der Waals surface area contributed by atoms with Crippen LogP contribution >= 0.6 is 23.1 Å². The second-order valence-corrected chi connectivity index (χ2v) is 10.4. The molecule has 1 N–H and O–H groups in total. The summed E-state index contributed by atoms with van der Waals surface area (Å²) < 4.78 is 5.68. The van der Waals surface area contributed by atoms with Gasteiger partial charge in [0, 0.05) is 32.4 Å². The molecule has 3 aromatic heterocycles. The predicted octanol–water partition coefficient (Wildman–Crippen LogP) is 3.06. The number of para-hydroxylation sites is 1. The number of aryl methyl sites for hydroxylation is 1. The fourth-order valence-electron chi connectivity index (χ4n) is 4.05. The number of anilines is 1. The van der Waals surface area contributed by atoms with E-state index in [9.17, 15) is 9.59 Å². The number of rotatable bonds is 6. The molecule has 0 unspecified atom stereocenters. The maximum atomic E-state index is 12.7. The molecule has 0 bridgehead atoms. The smallest absolute Gasteiger partial charge is 0.329 e. The molecule has 8 nitrogen and oxygen atoms in total. The summed E-state index contributed by atoms with van der Waals surface area (Å²) in [5, 5.41) is 0. The first kappa shape index (κ1) is 20.3. The Hall–Kier alpha value is -2.59. The largest absolute Gasteiger partial charge is 0.342 e. The van der Waals surface area contributed by atoms with Gasteiger partial charge in [0.1, 0.15) is 0 Å². The highest BCUT2D eigenvalue weighted by Crippen LogP contribution is 2.31. The van der Waals surface area contributed by atoms with Crippen molar-refractivity contribution in [2.75, 3.05) is 23.7 Å². The normalized spacial score (nSPS) is 15.4. The fourth-order valence-corrected chi connectivity index (χ4v) is 6.15. The van der Waals surface area contributed by atoms with Crippen molar-refractivity contribution >= 4 is 50.4 Å². The molecule has 0 amide bonds. The maximum absolute atomic E-state index is 12.7. The van der Waals surface area contributed by atoms with Crippen molar-refractivity contribution in [3.8, 4) is 0 Å². The van der Waals surface area contributed by atoms with Gasteiger partial charge in [-0.2, -0.15) is 4.98 Å². The first-order valence-electron chi connectivity index (χ1n) is 10.4. The average molecular weight is 457 g/mol. The highest BCUT2D eigenvalue weighted by atomic mass is 32.2. The Kier molecular flexibility index (Phi) is 5.35. The number of hydrogen-bond donors (Lipinski definition) is 1. The zero-order valence-corrected chi connectivity index (χ0v) is 19.1. The number of benzene rings is 1. The van der Waals surface area contributed by atoms with Crippen LogP contribution in [0.2, 0.25) is 0 Å². The lowest BCUT2D eigenvalue weighted by Crippen LogP contribution is -2.30. The number of aromatic amines is 1. The quantitative estimate of drug-likeness (QED) is 0.449. The van der Waals surface area contributed by atoms with Crippen LogP contribution in [0.5, 0.6) is 0 Å². The van der Waals surface area contributed by atoms with E-state index in [0.717, 1.165) is 47.5 Å². The van der Waals surface area contributed by atoms with Gasteiger partial charge in [0.15, 0.2) is 15.5 Å². The van der Waals surface area contributed by atoms with Gasteiger partial charge in [-0.15, -0.1) is 11.3 Å². The zero-order chi connectivity index (χ0) is 21.5. The van der Waals surface area contributed by atoms with Crippen LogP contribution in [-0.2, 0) is 13.6 Å². The molecule has 1 aromatic carbocycles. The third-order valence-electron chi connectivity index (χ3n) is 5.64. The molecule has 4 aromatic rings. The van der Waals surface area contributed by atoms with E-state index in [2.05, 4.69) is 22.9 Å². The summed E-state index contributed by atoms with van der Waals surface area (Å²) in [5.74, 6) is 1.95. The van der Waals surface area contributed by atoms with Crippen LogP contribution in [0.4, 0.5) is 5.95 Å². The topological polar surface area (TPSA) is 88.8 Å². The fraction of sp³-hybridized carbons (Fsp3) is 0.429. The number of fused-ring (bicyclic) bond motifs is 2. The lowest BCUT2D eigenvalue weighted by molar-refractivity contribution is 0.537. The van der Waals surface area contributed by atoms with E-state index in [1.165, 1.54) is 9.27 Å². The van der Waals surface area contributed by atoms with Crippen LogP contribution in [0.25, 0.3) is 21.4 Å². The Balaban J connectivity index is 1.44. The summed E-state index contributed by atoms with van der Waals surface area (Å²) in [6.07, 6.45) is 2.23. The third kappa shape index (κ3) is 3.78. The standard InChI is InChI=1S/C21H24N6O2S2/c1-13(12-30-21-22-14-7-3-4-8-15(14)31-21)11-27-16-17(25(2)20(29)24-18(16)28)23-19(27)26-9-5-6-10-26/h3-4,7-8,13H,5-6,9-12H2,1-2H3,(H,24,28,29)/t13-/m1/s1. The summed E-state index contributed by atoms with van der Waals surface area (Å²) in [5.41, 5.74) is 1.14. The molecule has 0 radical (unpaired) electrons. The van der Waals surface area contributed by atoms with E-state index in [0.29, 0.717) is 17.7 Å². The number of thiazole rings is 1. The maximum Gasteiger partial charge on any atom is 0.329 e. The minimum Gasteiger partial charge on any atom is -0.342 e. The van der Waals surface area contributed by atoms with Gasteiger partial charge in [-0.05, 0) is 30.9 Å². The molecule has 162 valence electrons. The van der Waals surface area contributed by atoms with Crippen molar-refractivity contribution in [1.29, 1.82) is 0 Å². The van der Waals surface area contributed by atoms with Gasteiger partial charge < -0.3 is 9.47 Å². The number of nitrogens with zero attached hydrogens (tertiary/aromatic N) is 5. The highest BCUT2D eigenvalue weighted by molar-refractivity contribution is 8.01. The highest BCUT2D eigenvalue weighted by Gasteiger charge is 2.24. The summed E-state index contributed by atoms with van der Waals surface area (Å²) in [7, 11) is 1.65. The summed E-state index contributed by atoms with van der Waals surface area (Å²) >= 11 is 3.46. The number of nitrogens with one attached hydrogen (secondary N) is 1. The monoisotopic (exact) mass is 456 g/mol. The van der Waals surface area contributed by atoms with Crippen molar-refractivity contribution in [3.05, 3.63) is 45.1 Å². The second kappa shape index (κ2) is 8.16. The van der Waals surface area contributed by atoms with Crippen LogP contribution < -0.4 is 16.1 Å². The molecule has 1 atom stereocenters. The van der Waals surface area contributed by atoms with Gasteiger partial charge in [-0.1, -0.05) is 30.8 Å². The number of H-pyrrole nitrogens is 1.